The quantitative estimate of drug-likeness (QED) is 0.301. The number of methoxy groups -OCH3 is 1. The zero-order valence-electron chi connectivity index (χ0n) is 19.0. The summed E-state index contributed by atoms with van der Waals surface area (Å²) in [7, 11) is 1.44. The zero-order chi connectivity index (χ0) is 23.6. The number of allylic oxidation sites excluding steroid dienone is 1. The van der Waals surface area contributed by atoms with Gasteiger partial charge in [0.15, 0.2) is 28.8 Å². The van der Waals surface area contributed by atoms with E-state index >= 15 is 0 Å². The molecule has 0 heterocycles. The number of rotatable bonds is 11. The van der Waals surface area contributed by atoms with Gasteiger partial charge in [0.05, 0.1) is 20.3 Å². The predicted molar refractivity (Wildman–Crippen MR) is 128 cm³/mol. The van der Waals surface area contributed by atoms with Crippen molar-refractivity contribution in [2.45, 2.75) is 20.5 Å². The third kappa shape index (κ3) is 6.53. The van der Waals surface area contributed by atoms with E-state index in [4.69, 9.17) is 18.9 Å². The van der Waals surface area contributed by atoms with Crippen molar-refractivity contribution in [1.82, 2.24) is 0 Å². The van der Waals surface area contributed by atoms with Gasteiger partial charge in [0.2, 0.25) is 0 Å². The van der Waals surface area contributed by atoms with Crippen molar-refractivity contribution < 1.29 is 28.8 Å². The van der Waals surface area contributed by atoms with E-state index in [1.54, 1.807) is 12.1 Å². The highest BCUT2D eigenvalue weighted by Crippen LogP contribution is 2.29. The Hall–Kier alpha value is -3.93. The normalized spacial score (nSPS) is 10.8. The van der Waals surface area contributed by atoms with E-state index in [1.807, 2.05) is 56.3 Å². The van der Waals surface area contributed by atoms with Gasteiger partial charge in [0.25, 0.3) is 0 Å². The summed E-state index contributed by atoms with van der Waals surface area (Å²) in [6, 6.07) is 17.7. The van der Waals surface area contributed by atoms with Gasteiger partial charge >= 0.3 is 0 Å². The number of carbonyl (C=O) groups excluding carboxylic acids is 1. The maximum Gasteiger partial charge on any atom is 0.185 e. The fourth-order valence-corrected chi connectivity index (χ4v) is 3.16. The fourth-order valence-electron chi connectivity index (χ4n) is 3.16. The van der Waals surface area contributed by atoms with E-state index < -0.39 is 0 Å². The smallest absolute Gasteiger partial charge is 0.185 e. The average molecular weight is 449 g/mol. The summed E-state index contributed by atoms with van der Waals surface area (Å²) in [5.74, 6) is 2.14. The van der Waals surface area contributed by atoms with Gasteiger partial charge in [-0.25, -0.2) is 0 Å². The summed E-state index contributed by atoms with van der Waals surface area (Å²) in [4.78, 5) is 12.5. The average Bonchev–Trinajstić information content (AvgIpc) is 2.83. The van der Waals surface area contributed by atoms with Crippen LogP contribution in [0, 0.1) is 0 Å². The predicted octanol–water partition coefficient (Wildman–Crippen LogP) is 5.67. The van der Waals surface area contributed by atoms with Crippen molar-refractivity contribution in [3.05, 3.63) is 83.4 Å². The molecule has 0 spiro atoms. The monoisotopic (exact) mass is 448 g/mol. The van der Waals surface area contributed by atoms with Crippen molar-refractivity contribution in [2.75, 3.05) is 20.3 Å². The minimum atomic E-state index is -0.197. The van der Waals surface area contributed by atoms with E-state index in [0.29, 0.717) is 42.6 Å². The van der Waals surface area contributed by atoms with Crippen molar-refractivity contribution in [2.24, 2.45) is 0 Å². The number of phenolic OH excluding ortho intramolecular Hbond substituents is 1. The zero-order valence-corrected chi connectivity index (χ0v) is 19.0. The molecule has 3 aromatic carbocycles. The van der Waals surface area contributed by atoms with Gasteiger partial charge in [-0.05, 0) is 73.5 Å². The number of carbonyl (C=O) groups is 1. The highest BCUT2D eigenvalue weighted by molar-refractivity contribution is 6.07. The molecule has 0 saturated heterocycles. The summed E-state index contributed by atoms with van der Waals surface area (Å²) in [6.45, 7) is 5.35. The molecule has 6 heteroatoms. The van der Waals surface area contributed by atoms with Crippen LogP contribution in [0.2, 0.25) is 0 Å². The molecule has 6 nitrogen and oxygen atoms in total. The Bertz CT molecular complexity index is 1120. The molecule has 0 saturated carbocycles. The van der Waals surface area contributed by atoms with Crippen molar-refractivity contribution >= 4 is 11.9 Å². The van der Waals surface area contributed by atoms with Crippen LogP contribution in [0.1, 0.15) is 35.3 Å². The second-order valence-corrected chi connectivity index (χ2v) is 7.09. The highest BCUT2D eigenvalue weighted by atomic mass is 16.5. The van der Waals surface area contributed by atoms with Crippen LogP contribution in [0.3, 0.4) is 0 Å². The summed E-state index contributed by atoms with van der Waals surface area (Å²) in [6.07, 6.45) is 3.20. The second kappa shape index (κ2) is 11.6. The SMILES string of the molecule is CCOc1ccc(COc2cccc(/C=C/C(=O)c3ccc(O)c(OC)c3)c2)cc1OCC. The molecular weight excluding hydrogens is 420 g/mol. The molecule has 0 unspecified atom stereocenters. The van der Waals surface area contributed by atoms with E-state index in [-0.39, 0.29) is 17.3 Å². The van der Waals surface area contributed by atoms with Crippen LogP contribution in [0.4, 0.5) is 0 Å². The van der Waals surface area contributed by atoms with E-state index in [0.717, 1.165) is 11.1 Å². The molecule has 3 rings (SSSR count). The summed E-state index contributed by atoms with van der Waals surface area (Å²) >= 11 is 0. The topological polar surface area (TPSA) is 74.2 Å². The second-order valence-electron chi connectivity index (χ2n) is 7.09. The Balaban J connectivity index is 1.66. The maximum atomic E-state index is 12.5. The Morgan fingerprint density at radius 3 is 2.42 bits per heavy atom. The molecule has 0 radical (unpaired) electrons. The standard InChI is InChI=1S/C27H28O6/c1-4-31-25-14-10-20(16-27(25)32-5-2)18-33-22-8-6-7-19(15-22)9-12-23(28)21-11-13-24(29)26(17-21)30-3/h6-17,29H,4-5,18H2,1-3H3/b12-9+. The molecule has 0 atom stereocenters. The first-order valence-corrected chi connectivity index (χ1v) is 10.7. The number of ketones is 1. The van der Waals surface area contributed by atoms with Crippen LogP contribution in [0.15, 0.2) is 66.7 Å². The van der Waals surface area contributed by atoms with Crippen LogP contribution >= 0.6 is 0 Å². The molecule has 0 bridgehead atoms. The molecular formula is C27H28O6. The molecule has 3 aromatic rings. The van der Waals surface area contributed by atoms with Crippen LogP contribution < -0.4 is 18.9 Å². The minimum absolute atomic E-state index is 0.0104. The first-order valence-electron chi connectivity index (χ1n) is 10.7. The lowest BCUT2D eigenvalue weighted by atomic mass is 10.1. The van der Waals surface area contributed by atoms with Crippen LogP contribution in [-0.4, -0.2) is 31.2 Å². The third-order valence-corrected chi connectivity index (χ3v) is 4.76. The summed E-state index contributed by atoms with van der Waals surface area (Å²) in [5.41, 5.74) is 2.21. The number of ether oxygens (including phenoxy) is 4. The van der Waals surface area contributed by atoms with Crippen LogP contribution in [0.25, 0.3) is 6.08 Å². The lowest BCUT2D eigenvalue weighted by Crippen LogP contribution is -2.01. The Kier molecular flexibility index (Phi) is 8.36. The Morgan fingerprint density at radius 1 is 0.879 bits per heavy atom. The lowest BCUT2D eigenvalue weighted by molar-refractivity contribution is 0.104. The molecule has 172 valence electrons. The Labute approximate surface area is 194 Å². The molecule has 0 aliphatic rings. The third-order valence-electron chi connectivity index (χ3n) is 4.76. The van der Waals surface area contributed by atoms with Gasteiger partial charge in [0, 0.05) is 5.56 Å². The van der Waals surface area contributed by atoms with Gasteiger partial charge in [-0.2, -0.15) is 0 Å². The summed E-state index contributed by atoms with van der Waals surface area (Å²) < 4.78 is 22.3. The highest BCUT2D eigenvalue weighted by Gasteiger charge is 2.08. The first kappa shape index (κ1) is 23.7. The van der Waals surface area contributed by atoms with E-state index in [2.05, 4.69) is 0 Å². The van der Waals surface area contributed by atoms with E-state index in [9.17, 15) is 9.90 Å². The van der Waals surface area contributed by atoms with Gasteiger partial charge in [-0.15, -0.1) is 0 Å². The molecule has 1 N–H and O–H groups in total. The fraction of sp³-hybridized carbons (Fsp3) is 0.222. The molecule has 0 aliphatic heterocycles. The Morgan fingerprint density at radius 2 is 1.67 bits per heavy atom. The van der Waals surface area contributed by atoms with Crippen molar-refractivity contribution in [3.63, 3.8) is 0 Å². The number of aromatic hydroxyl groups is 1. The maximum absolute atomic E-state index is 12.5. The molecule has 0 fully saturated rings. The van der Waals surface area contributed by atoms with Crippen LogP contribution in [-0.2, 0) is 6.61 Å². The number of phenols is 1. The summed E-state index contributed by atoms with van der Waals surface area (Å²) in [5, 5.41) is 9.69. The number of hydrogen-bond acceptors (Lipinski definition) is 6. The van der Waals surface area contributed by atoms with Crippen molar-refractivity contribution in [3.8, 4) is 28.7 Å². The molecule has 0 aliphatic carbocycles. The van der Waals surface area contributed by atoms with Crippen LogP contribution in [0.5, 0.6) is 28.7 Å². The van der Waals surface area contributed by atoms with Gasteiger partial charge in [-0.3, -0.25) is 4.79 Å². The van der Waals surface area contributed by atoms with Crippen molar-refractivity contribution in [1.29, 1.82) is 0 Å². The van der Waals surface area contributed by atoms with E-state index in [1.165, 1.54) is 25.3 Å². The first-order chi connectivity index (χ1) is 16.0. The largest absolute Gasteiger partial charge is 0.504 e. The number of hydrogen-bond donors (Lipinski definition) is 1. The van der Waals surface area contributed by atoms with Gasteiger partial charge in [-0.1, -0.05) is 24.3 Å². The molecule has 0 aromatic heterocycles. The van der Waals surface area contributed by atoms with Gasteiger partial charge < -0.3 is 24.1 Å². The lowest BCUT2D eigenvalue weighted by Gasteiger charge is -2.13. The minimum Gasteiger partial charge on any atom is -0.504 e. The number of benzene rings is 3. The molecule has 33 heavy (non-hydrogen) atoms. The molecule has 0 amide bonds. The van der Waals surface area contributed by atoms with Gasteiger partial charge in [0.1, 0.15) is 12.4 Å².